The number of sulfone groups is 1. The molecule has 1 aliphatic rings. The number of hydrogen-bond acceptors (Lipinski definition) is 3. The highest BCUT2D eigenvalue weighted by Gasteiger charge is 2.13. The van der Waals surface area contributed by atoms with Crippen LogP contribution in [0.25, 0.3) is 0 Å². The van der Waals surface area contributed by atoms with Crippen LogP contribution in [0.1, 0.15) is 52.4 Å². The normalized spacial score (nSPS) is 16.4. The first-order chi connectivity index (χ1) is 10.1. The minimum absolute atomic E-state index is 0. The second kappa shape index (κ2) is 12.4. The molecule has 1 saturated carbocycles. The average Bonchev–Trinajstić information content (AvgIpc) is 2.96. The van der Waals surface area contributed by atoms with Crippen molar-refractivity contribution in [1.29, 1.82) is 0 Å². The first-order valence-electron chi connectivity index (χ1n) is 8.30. The molecule has 1 fully saturated rings. The molecule has 22 heavy (non-hydrogen) atoms. The van der Waals surface area contributed by atoms with Crippen molar-refractivity contribution in [3.8, 4) is 0 Å². The Morgan fingerprint density at radius 1 is 1.18 bits per heavy atom. The van der Waals surface area contributed by atoms with Crippen molar-refractivity contribution in [2.24, 2.45) is 10.9 Å². The molecule has 5 nitrogen and oxygen atoms in total. The van der Waals surface area contributed by atoms with Crippen LogP contribution in [0.15, 0.2) is 4.99 Å². The third-order valence-electron chi connectivity index (χ3n) is 4.00. The summed E-state index contributed by atoms with van der Waals surface area (Å²) < 4.78 is 22.9. The summed E-state index contributed by atoms with van der Waals surface area (Å²) in [4.78, 5) is 4.52. The largest absolute Gasteiger partial charge is 0.357 e. The minimum atomic E-state index is -2.91. The van der Waals surface area contributed by atoms with Crippen molar-refractivity contribution in [2.75, 3.05) is 31.1 Å². The highest BCUT2D eigenvalue weighted by Crippen LogP contribution is 2.28. The molecule has 0 aromatic heterocycles. The van der Waals surface area contributed by atoms with Gasteiger partial charge in [0, 0.05) is 25.4 Å². The monoisotopic (exact) mass is 445 g/mol. The molecule has 0 aliphatic heterocycles. The molecule has 0 radical (unpaired) electrons. The summed E-state index contributed by atoms with van der Waals surface area (Å²) in [6, 6.07) is 0. The minimum Gasteiger partial charge on any atom is -0.357 e. The summed E-state index contributed by atoms with van der Waals surface area (Å²) in [6.07, 6.45) is 7.95. The highest BCUT2D eigenvalue weighted by molar-refractivity contribution is 14.0. The maximum Gasteiger partial charge on any atom is 0.191 e. The van der Waals surface area contributed by atoms with Crippen LogP contribution in [-0.2, 0) is 9.84 Å². The van der Waals surface area contributed by atoms with E-state index in [-0.39, 0.29) is 35.5 Å². The van der Waals surface area contributed by atoms with Crippen LogP contribution < -0.4 is 10.6 Å². The molecule has 0 atom stereocenters. The number of nitrogens with zero attached hydrogens (tertiary/aromatic N) is 1. The Bertz CT molecular complexity index is 407. The van der Waals surface area contributed by atoms with Crippen molar-refractivity contribution in [2.45, 2.75) is 52.4 Å². The topological polar surface area (TPSA) is 70.6 Å². The van der Waals surface area contributed by atoms with Gasteiger partial charge in [-0.1, -0.05) is 32.6 Å². The van der Waals surface area contributed by atoms with Gasteiger partial charge in [-0.2, -0.15) is 0 Å². The summed E-state index contributed by atoms with van der Waals surface area (Å²) in [5.41, 5.74) is 0. The number of halogens is 1. The van der Waals surface area contributed by atoms with E-state index >= 15 is 0 Å². The Hall–Kier alpha value is -0.0500. The van der Waals surface area contributed by atoms with Gasteiger partial charge in [0.2, 0.25) is 0 Å². The van der Waals surface area contributed by atoms with Crippen molar-refractivity contribution in [1.82, 2.24) is 10.6 Å². The van der Waals surface area contributed by atoms with E-state index in [4.69, 9.17) is 0 Å². The van der Waals surface area contributed by atoms with Gasteiger partial charge >= 0.3 is 0 Å². The zero-order valence-electron chi connectivity index (χ0n) is 13.9. The van der Waals surface area contributed by atoms with Crippen LogP contribution in [0.2, 0.25) is 0 Å². The van der Waals surface area contributed by atoms with Crippen molar-refractivity contribution >= 4 is 39.8 Å². The molecule has 132 valence electrons. The van der Waals surface area contributed by atoms with Crippen LogP contribution in [0.3, 0.4) is 0 Å². The number of guanidine groups is 1. The van der Waals surface area contributed by atoms with E-state index in [1.165, 1.54) is 32.1 Å². The second-order valence-electron chi connectivity index (χ2n) is 5.72. The fourth-order valence-electron chi connectivity index (χ4n) is 2.68. The molecule has 0 aromatic carbocycles. The summed E-state index contributed by atoms with van der Waals surface area (Å²) in [6.45, 7) is 5.71. The van der Waals surface area contributed by atoms with E-state index < -0.39 is 9.84 Å². The van der Waals surface area contributed by atoms with Crippen LogP contribution in [0, 0.1) is 5.92 Å². The Balaban J connectivity index is 0.00000441. The fourth-order valence-corrected chi connectivity index (χ4v) is 3.38. The van der Waals surface area contributed by atoms with Gasteiger partial charge in [0.05, 0.1) is 5.75 Å². The van der Waals surface area contributed by atoms with Gasteiger partial charge in [-0.15, -0.1) is 24.0 Å². The van der Waals surface area contributed by atoms with Crippen LogP contribution >= 0.6 is 24.0 Å². The van der Waals surface area contributed by atoms with Crippen molar-refractivity contribution in [3.63, 3.8) is 0 Å². The SMILES string of the molecule is CCNC(=NCCCC1CCCC1)NCCS(=O)(=O)CC.I. The Morgan fingerprint density at radius 3 is 2.45 bits per heavy atom. The first kappa shape index (κ1) is 21.9. The second-order valence-corrected chi connectivity index (χ2v) is 8.19. The number of aliphatic imine (C=N–C) groups is 1. The molecule has 0 unspecified atom stereocenters. The highest BCUT2D eigenvalue weighted by atomic mass is 127. The maximum atomic E-state index is 11.4. The van der Waals surface area contributed by atoms with Gasteiger partial charge in [-0.25, -0.2) is 8.42 Å². The van der Waals surface area contributed by atoms with E-state index in [0.29, 0.717) is 6.54 Å². The Kier molecular flexibility index (Phi) is 12.4. The van der Waals surface area contributed by atoms with Gasteiger partial charge in [0.25, 0.3) is 0 Å². The molecule has 1 aliphatic carbocycles. The van der Waals surface area contributed by atoms with E-state index in [9.17, 15) is 8.42 Å². The molecule has 0 spiro atoms. The van der Waals surface area contributed by atoms with Gasteiger partial charge in [0.15, 0.2) is 15.8 Å². The lowest BCUT2D eigenvalue weighted by Gasteiger charge is -2.12. The molecular weight excluding hydrogens is 413 g/mol. The zero-order valence-corrected chi connectivity index (χ0v) is 17.1. The molecule has 0 heterocycles. The van der Waals surface area contributed by atoms with Gasteiger partial charge in [-0.05, 0) is 25.7 Å². The third kappa shape index (κ3) is 9.86. The quantitative estimate of drug-likeness (QED) is 0.248. The molecule has 0 aromatic rings. The summed E-state index contributed by atoms with van der Waals surface area (Å²) in [5, 5.41) is 6.26. The molecule has 0 saturated heterocycles. The summed E-state index contributed by atoms with van der Waals surface area (Å²) >= 11 is 0. The van der Waals surface area contributed by atoms with Gasteiger partial charge in [-0.3, -0.25) is 4.99 Å². The molecule has 0 bridgehead atoms. The predicted octanol–water partition coefficient (Wildman–Crippen LogP) is 2.56. The standard InChI is InChI=1S/C15H31N3O2S.HI/c1-3-16-15(18-12-13-21(19,20)4-2)17-11-7-10-14-8-5-6-9-14;/h14H,3-13H2,1-2H3,(H2,16,17,18);1H. The first-order valence-corrected chi connectivity index (χ1v) is 10.1. The van der Waals surface area contributed by atoms with Crippen LogP contribution in [0.4, 0.5) is 0 Å². The maximum absolute atomic E-state index is 11.4. The predicted molar refractivity (Wildman–Crippen MR) is 105 cm³/mol. The zero-order chi connectivity index (χ0) is 15.6. The average molecular weight is 445 g/mol. The molecular formula is C15H32IN3O2S. The lowest BCUT2D eigenvalue weighted by atomic mass is 10.0. The molecule has 1 rings (SSSR count). The summed E-state index contributed by atoms with van der Waals surface area (Å²) in [5.74, 6) is 2.00. The fraction of sp³-hybridized carbons (Fsp3) is 0.933. The smallest absolute Gasteiger partial charge is 0.191 e. The molecule has 7 heteroatoms. The van der Waals surface area contributed by atoms with Crippen LogP contribution in [0.5, 0.6) is 0 Å². The van der Waals surface area contributed by atoms with Gasteiger partial charge in [0.1, 0.15) is 0 Å². The Morgan fingerprint density at radius 2 is 1.86 bits per heavy atom. The lowest BCUT2D eigenvalue weighted by molar-refractivity contribution is 0.487. The van der Waals surface area contributed by atoms with Crippen molar-refractivity contribution < 1.29 is 8.42 Å². The number of rotatable bonds is 9. The molecule has 0 amide bonds. The van der Waals surface area contributed by atoms with E-state index in [2.05, 4.69) is 15.6 Å². The van der Waals surface area contributed by atoms with Gasteiger partial charge < -0.3 is 10.6 Å². The number of nitrogens with one attached hydrogen (secondary N) is 2. The number of hydrogen-bond donors (Lipinski definition) is 2. The van der Waals surface area contributed by atoms with Crippen molar-refractivity contribution in [3.05, 3.63) is 0 Å². The summed E-state index contributed by atoms with van der Waals surface area (Å²) in [7, 11) is -2.91. The molecule has 2 N–H and O–H groups in total. The van der Waals surface area contributed by atoms with E-state index in [1.807, 2.05) is 6.92 Å². The van der Waals surface area contributed by atoms with Crippen LogP contribution in [-0.4, -0.2) is 45.5 Å². The van der Waals surface area contributed by atoms with E-state index in [1.54, 1.807) is 6.92 Å². The van der Waals surface area contributed by atoms with E-state index in [0.717, 1.165) is 31.4 Å². The Labute approximate surface area is 153 Å². The lowest BCUT2D eigenvalue weighted by Crippen LogP contribution is -2.39. The third-order valence-corrected chi connectivity index (χ3v) is 5.71.